The lowest BCUT2D eigenvalue weighted by Crippen LogP contribution is -2.55. The summed E-state index contributed by atoms with van der Waals surface area (Å²) < 4.78 is 0. The zero-order chi connectivity index (χ0) is 21.1. The van der Waals surface area contributed by atoms with Crippen LogP contribution in [0.4, 0.5) is 4.79 Å². The molecule has 0 N–H and O–H groups in total. The molecule has 0 aromatic carbocycles. The lowest BCUT2D eigenvalue weighted by molar-refractivity contribution is -0.153. The van der Waals surface area contributed by atoms with Gasteiger partial charge in [0, 0.05) is 71.4 Å². The van der Waals surface area contributed by atoms with Gasteiger partial charge in [0.2, 0.25) is 5.91 Å². The third-order valence-corrected chi connectivity index (χ3v) is 6.95. The highest BCUT2D eigenvalue weighted by Gasteiger charge is 2.35. The average molecular weight is 420 g/mol. The second-order valence-corrected chi connectivity index (χ2v) is 8.85. The van der Waals surface area contributed by atoms with Gasteiger partial charge in [0.15, 0.2) is 0 Å². The van der Waals surface area contributed by atoms with E-state index in [-0.39, 0.29) is 17.9 Å². The van der Waals surface area contributed by atoms with Crippen LogP contribution < -0.4 is 0 Å². The molecule has 4 heterocycles. The van der Waals surface area contributed by atoms with Gasteiger partial charge in [0.25, 0.3) is 0 Å². The zero-order valence-corrected chi connectivity index (χ0v) is 17.8. The minimum absolute atomic E-state index is 0.0545. The third-order valence-electron chi connectivity index (χ3n) is 6.95. The highest BCUT2D eigenvalue weighted by atomic mass is 16.2. The minimum atomic E-state index is -0.433. The first-order valence-corrected chi connectivity index (χ1v) is 11.5. The van der Waals surface area contributed by atoms with E-state index in [0.29, 0.717) is 65.2 Å². The molecule has 5 amide bonds. The Bertz CT molecular complexity index is 671. The Hall–Kier alpha value is -2.32. The van der Waals surface area contributed by atoms with Crippen LogP contribution in [-0.4, -0.2) is 114 Å². The molecule has 0 aliphatic carbocycles. The second kappa shape index (κ2) is 9.22. The van der Waals surface area contributed by atoms with Gasteiger partial charge in [-0.05, 0) is 38.5 Å². The van der Waals surface area contributed by atoms with Crippen molar-refractivity contribution in [3.8, 4) is 0 Å². The first kappa shape index (κ1) is 20.9. The number of carbonyl (C=O) groups is 4. The number of amides is 5. The quantitative estimate of drug-likeness (QED) is 0.569. The Balaban J connectivity index is 1.21. The summed E-state index contributed by atoms with van der Waals surface area (Å²) in [6, 6.07) is 0.119. The molecule has 0 aromatic heterocycles. The number of hydrogen-bond acceptors (Lipinski definition) is 4. The van der Waals surface area contributed by atoms with Crippen LogP contribution in [0.2, 0.25) is 0 Å². The summed E-state index contributed by atoms with van der Waals surface area (Å²) in [7, 11) is 0. The molecular weight excluding hydrogens is 386 g/mol. The highest BCUT2D eigenvalue weighted by Crippen LogP contribution is 2.22. The molecule has 4 saturated heterocycles. The molecule has 166 valence electrons. The fourth-order valence-electron chi connectivity index (χ4n) is 5.01. The van der Waals surface area contributed by atoms with Crippen LogP contribution in [0.1, 0.15) is 38.5 Å². The second-order valence-electron chi connectivity index (χ2n) is 8.85. The van der Waals surface area contributed by atoms with Crippen molar-refractivity contribution in [1.82, 2.24) is 24.5 Å². The molecule has 4 aliphatic rings. The summed E-state index contributed by atoms with van der Waals surface area (Å²) in [5.41, 5.74) is 0. The molecule has 0 atom stereocenters. The minimum Gasteiger partial charge on any atom is -0.339 e. The van der Waals surface area contributed by atoms with Crippen LogP contribution in [0.25, 0.3) is 0 Å². The Morgan fingerprint density at radius 2 is 0.867 bits per heavy atom. The third kappa shape index (κ3) is 4.39. The van der Waals surface area contributed by atoms with E-state index in [1.165, 1.54) is 0 Å². The van der Waals surface area contributed by atoms with Crippen molar-refractivity contribution in [2.45, 2.75) is 38.5 Å². The van der Waals surface area contributed by atoms with E-state index in [0.717, 1.165) is 38.8 Å². The SMILES string of the molecule is O=C(C(=O)N1CCN(C(=O)C2CCN(C(=O)N3CCCC3)CC2)CC1)N1CCCC1. The maximum absolute atomic E-state index is 12.9. The van der Waals surface area contributed by atoms with Crippen molar-refractivity contribution >= 4 is 23.8 Å². The lowest BCUT2D eigenvalue weighted by atomic mass is 9.95. The number of nitrogens with zero attached hydrogens (tertiary/aromatic N) is 5. The van der Waals surface area contributed by atoms with Crippen LogP contribution in [-0.2, 0) is 14.4 Å². The molecule has 4 rings (SSSR count). The largest absolute Gasteiger partial charge is 0.339 e. The number of urea groups is 1. The van der Waals surface area contributed by atoms with E-state index in [1.807, 2.05) is 14.7 Å². The first-order chi connectivity index (χ1) is 14.5. The Morgan fingerprint density at radius 3 is 1.40 bits per heavy atom. The smallest absolute Gasteiger partial charge is 0.319 e. The van der Waals surface area contributed by atoms with Gasteiger partial charge in [0.1, 0.15) is 0 Å². The van der Waals surface area contributed by atoms with Crippen molar-refractivity contribution < 1.29 is 19.2 Å². The number of carbonyl (C=O) groups excluding carboxylic acids is 4. The molecule has 30 heavy (non-hydrogen) atoms. The average Bonchev–Trinajstić information content (AvgIpc) is 3.52. The van der Waals surface area contributed by atoms with E-state index < -0.39 is 11.8 Å². The summed E-state index contributed by atoms with van der Waals surface area (Å²) in [5.74, 6) is -0.762. The summed E-state index contributed by atoms with van der Waals surface area (Å²) in [4.78, 5) is 59.1. The molecule has 4 aliphatic heterocycles. The van der Waals surface area contributed by atoms with Gasteiger partial charge in [-0.25, -0.2) is 4.79 Å². The van der Waals surface area contributed by atoms with Gasteiger partial charge in [0.05, 0.1) is 0 Å². The number of hydrogen-bond donors (Lipinski definition) is 0. The van der Waals surface area contributed by atoms with E-state index in [1.54, 1.807) is 9.80 Å². The molecular formula is C21H33N5O4. The Labute approximate surface area is 177 Å². The normalized spacial score (nSPS) is 23.3. The highest BCUT2D eigenvalue weighted by molar-refractivity contribution is 6.35. The predicted octanol–water partition coefficient (Wildman–Crippen LogP) is 0.207. The maximum atomic E-state index is 12.9. The van der Waals surface area contributed by atoms with Crippen molar-refractivity contribution in [2.24, 2.45) is 5.92 Å². The summed E-state index contributed by atoms with van der Waals surface area (Å²) >= 11 is 0. The van der Waals surface area contributed by atoms with Gasteiger partial charge in [-0.3, -0.25) is 14.4 Å². The summed E-state index contributed by atoms with van der Waals surface area (Å²) in [6.45, 7) is 6.08. The van der Waals surface area contributed by atoms with Gasteiger partial charge in [-0.15, -0.1) is 0 Å². The molecule has 0 radical (unpaired) electrons. The zero-order valence-electron chi connectivity index (χ0n) is 17.8. The molecule has 0 aromatic rings. The van der Waals surface area contributed by atoms with Gasteiger partial charge < -0.3 is 24.5 Å². The van der Waals surface area contributed by atoms with Crippen molar-refractivity contribution in [3.05, 3.63) is 0 Å². The predicted molar refractivity (Wildman–Crippen MR) is 109 cm³/mol. The Morgan fingerprint density at radius 1 is 0.467 bits per heavy atom. The van der Waals surface area contributed by atoms with Crippen molar-refractivity contribution in [2.75, 3.05) is 65.4 Å². The fraction of sp³-hybridized carbons (Fsp3) is 0.810. The van der Waals surface area contributed by atoms with Crippen molar-refractivity contribution in [1.29, 1.82) is 0 Å². The first-order valence-electron chi connectivity index (χ1n) is 11.5. The molecule has 0 spiro atoms. The standard InChI is InChI=1S/C21H33N5O4/c27-18(17-5-11-26(12-6-17)21(30)25-9-3-4-10-25)23-13-15-24(16-14-23)20(29)19(28)22-7-1-2-8-22/h17H,1-16H2. The molecule has 9 nitrogen and oxygen atoms in total. The molecule has 0 bridgehead atoms. The van der Waals surface area contributed by atoms with Crippen LogP contribution in [0.15, 0.2) is 0 Å². The monoisotopic (exact) mass is 419 g/mol. The lowest BCUT2D eigenvalue weighted by Gasteiger charge is -2.39. The number of piperazine rings is 1. The van der Waals surface area contributed by atoms with E-state index in [2.05, 4.69) is 0 Å². The number of piperidine rings is 1. The topological polar surface area (TPSA) is 84.5 Å². The van der Waals surface area contributed by atoms with Crippen LogP contribution in [0, 0.1) is 5.92 Å². The van der Waals surface area contributed by atoms with Crippen LogP contribution in [0.3, 0.4) is 0 Å². The van der Waals surface area contributed by atoms with E-state index in [4.69, 9.17) is 0 Å². The molecule has 0 unspecified atom stereocenters. The maximum Gasteiger partial charge on any atom is 0.319 e. The van der Waals surface area contributed by atoms with Gasteiger partial charge in [-0.2, -0.15) is 0 Å². The molecule has 9 heteroatoms. The van der Waals surface area contributed by atoms with Crippen LogP contribution in [0.5, 0.6) is 0 Å². The number of rotatable bonds is 1. The van der Waals surface area contributed by atoms with Crippen LogP contribution >= 0.6 is 0 Å². The summed E-state index contributed by atoms with van der Waals surface area (Å²) in [6.07, 6.45) is 5.49. The van der Waals surface area contributed by atoms with E-state index >= 15 is 0 Å². The fourth-order valence-corrected chi connectivity index (χ4v) is 5.01. The molecule has 4 fully saturated rings. The summed E-state index contributed by atoms with van der Waals surface area (Å²) in [5, 5.41) is 0. The van der Waals surface area contributed by atoms with Gasteiger partial charge in [-0.1, -0.05) is 0 Å². The number of likely N-dealkylation sites (tertiary alicyclic amines) is 3. The Kier molecular flexibility index (Phi) is 6.43. The van der Waals surface area contributed by atoms with E-state index in [9.17, 15) is 19.2 Å². The van der Waals surface area contributed by atoms with Crippen molar-refractivity contribution in [3.63, 3.8) is 0 Å². The molecule has 0 saturated carbocycles. The van der Waals surface area contributed by atoms with Gasteiger partial charge >= 0.3 is 17.8 Å².